The fourth-order valence-electron chi connectivity index (χ4n) is 6.16. The summed E-state index contributed by atoms with van der Waals surface area (Å²) >= 11 is 0.620. The zero-order chi connectivity index (χ0) is 35.2. The number of aromatic nitrogens is 1. The highest BCUT2D eigenvalue weighted by molar-refractivity contribution is 7.09. The van der Waals surface area contributed by atoms with Crippen molar-refractivity contribution in [1.29, 1.82) is 0 Å². The van der Waals surface area contributed by atoms with Gasteiger partial charge in [-0.1, -0.05) is 39.7 Å². The van der Waals surface area contributed by atoms with Crippen LogP contribution in [-0.4, -0.2) is 69.6 Å². The number of aliphatic hydroxyl groups is 1. The largest absolute Gasteiger partial charge is 0.390 e. The third-order valence-corrected chi connectivity index (χ3v) is 10.4. The number of carbonyl (C=O) groups excluding carboxylic acids is 4. The van der Waals surface area contributed by atoms with Gasteiger partial charge in [0, 0.05) is 37.8 Å². The summed E-state index contributed by atoms with van der Waals surface area (Å²) in [7, 11) is 0. The molecule has 2 aliphatic rings. The number of benzene rings is 1. The lowest BCUT2D eigenvalue weighted by Gasteiger charge is -2.38. The van der Waals surface area contributed by atoms with Gasteiger partial charge < -0.3 is 20.6 Å². The topological polar surface area (TPSA) is 141 Å². The lowest BCUT2D eigenvalue weighted by molar-refractivity contribution is -0.142. The van der Waals surface area contributed by atoms with Gasteiger partial charge >= 0.3 is 11.8 Å². The van der Waals surface area contributed by atoms with E-state index >= 15 is 4.39 Å². The molecule has 1 unspecified atom stereocenters. The highest BCUT2D eigenvalue weighted by Crippen LogP contribution is 2.35. The number of piperidine rings is 1. The molecule has 1 aromatic carbocycles. The summed E-state index contributed by atoms with van der Waals surface area (Å²) in [6.07, 6.45) is 5.59. The van der Waals surface area contributed by atoms with Crippen LogP contribution in [0.1, 0.15) is 89.0 Å². The van der Waals surface area contributed by atoms with Crippen LogP contribution in [0.2, 0.25) is 0 Å². The van der Waals surface area contributed by atoms with Crippen molar-refractivity contribution in [2.45, 2.75) is 96.1 Å². The van der Waals surface area contributed by atoms with Crippen LogP contribution in [0.3, 0.4) is 0 Å². The van der Waals surface area contributed by atoms with Crippen molar-refractivity contribution >= 4 is 46.9 Å². The first-order valence-electron chi connectivity index (χ1n) is 16.4. The molecule has 10 nitrogen and oxygen atoms in total. The molecule has 1 aromatic heterocycles. The zero-order valence-corrected chi connectivity index (χ0v) is 28.5. The number of carbonyl (C=O) groups is 4. The van der Waals surface area contributed by atoms with E-state index in [4.69, 9.17) is 0 Å². The number of hydrogen-bond donors (Lipinski definition) is 3. The molecule has 3 atom stereocenters. The Morgan fingerprint density at radius 1 is 1.19 bits per heavy atom. The summed E-state index contributed by atoms with van der Waals surface area (Å²) in [5.74, 6) is -9.35. The monoisotopic (exact) mass is 691 g/mol. The summed E-state index contributed by atoms with van der Waals surface area (Å²) in [6, 6.07) is 3.09. The van der Waals surface area contributed by atoms with Crippen molar-refractivity contribution in [3.05, 3.63) is 46.2 Å². The van der Waals surface area contributed by atoms with Crippen LogP contribution in [0.4, 0.5) is 18.9 Å². The zero-order valence-electron chi connectivity index (χ0n) is 27.7. The van der Waals surface area contributed by atoms with Gasteiger partial charge in [0.25, 0.3) is 0 Å². The first-order chi connectivity index (χ1) is 22.6. The number of alkyl halides is 2. The molecule has 262 valence electrons. The molecular formula is C34H44F3N5O5S. The lowest BCUT2D eigenvalue weighted by Crippen LogP contribution is -2.54. The predicted octanol–water partition coefficient (Wildman–Crippen LogP) is 5.42. The van der Waals surface area contributed by atoms with Crippen LogP contribution < -0.4 is 10.6 Å². The van der Waals surface area contributed by atoms with E-state index in [2.05, 4.69) is 27.5 Å². The van der Waals surface area contributed by atoms with Gasteiger partial charge in [-0.15, -0.1) is 11.3 Å². The number of likely N-dealkylation sites (tertiary alicyclic amines) is 1. The SMILES string of the molecule is CCC(=O)N[C@@H](C(=O)N1CCC(C)(O)CC1)[C@@H](C)c1ccc(NC(=O)C(C=NC(=O)C(F)(F)c2cncs2)C2CCC(C)CC2)c(F)c1. The Hall–Kier alpha value is -3.65. The van der Waals surface area contributed by atoms with E-state index in [-0.39, 0.29) is 29.8 Å². The van der Waals surface area contributed by atoms with Gasteiger partial charge in [0.1, 0.15) is 16.7 Å². The normalized spacial score (nSPS) is 21.7. The minimum atomic E-state index is -3.90. The molecule has 14 heteroatoms. The van der Waals surface area contributed by atoms with Crippen LogP contribution >= 0.6 is 11.3 Å². The lowest BCUT2D eigenvalue weighted by atomic mass is 9.76. The predicted molar refractivity (Wildman–Crippen MR) is 176 cm³/mol. The molecule has 48 heavy (non-hydrogen) atoms. The molecule has 4 rings (SSSR count). The molecule has 2 aromatic rings. The second-order valence-corrected chi connectivity index (χ2v) is 14.2. The number of thiazole rings is 1. The van der Waals surface area contributed by atoms with Gasteiger partial charge in [0.15, 0.2) is 0 Å². The van der Waals surface area contributed by atoms with Crippen molar-refractivity contribution in [2.24, 2.45) is 22.7 Å². The Balaban J connectivity index is 1.52. The second-order valence-electron chi connectivity index (χ2n) is 13.3. The Bertz CT molecular complexity index is 1480. The highest BCUT2D eigenvalue weighted by atomic mass is 32.1. The summed E-state index contributed by atoms with van der Waals surface area (Å²) < 4.78 is 44.9. The van der Waals surface area contributed by atoms with E-state index in [1.165, 1.54) is 17.6 Å². The van der Waals surface area contributed by atoms with Crippen molar-refractivity contribution in [2.75, 3.05) is 18.4 Å². The fourth-order valence-corrected chi connectivity index (χ4v) is 6.75. The first-order valence-corrected chi connectivity index (χ1v) is 17.3. The third kappa shape index (κ3) is 9.07. The second kappa shape index (κ2) is 15.7. The van der Waals surface area contributed by atoms with E-state index in [1.54, 1.807) is 31.7 Å². The van der Waals surface area contributed by atoms with Crippen molar-refractivity contribution < 1.29 is 37.5 Å². The summed E-state index contributed by atoms with van der Waals surface area (Å²) in [6.45, 7) is 7.78. The van der Waals surface area contributed by atoms with Gasteiger partial charge in [-0.25, -0.2) is 9.38 Å². The Morgan fingerprint density at radius 2 is 1.85 bits per heavy atom. The number of hydrogen-bond acceptors (Lipinski definition) is 7. The van der Waals surface area contributed by atoms with Crippen LogP contribution in [0.5, 0.6) is 0 Å². The first kappa shape index (κ1) is 37.2. The van der Waals surface area contributed by atoms with E-state index in [9.17, 15) is 33.1 Å². The maximum atomic E-state index is 15.6. The molecule has 0 radical (unpaired) electrons. The van der Waals surface area contributed by atoms with E-state index in [0.717, 1.165) is 25.3 Å². The van der Waals surface area contributed by atoms with Gasteiger partial charge in [-0.2, -0.15) is 8.78 Å². The molecule has 1 saturated carbocycles. The molecule has 2 fully saturated rings. The maximum absolute atomic E-state index is 15.6. The standard InChI is InChI=1S/C34H44F3N5O5S/c1-5-28(43)41-29(31(45)42-14-12-33(4,47)13-15-42)21(3)23-10-11-26(25(35)16-23)40-30(44)24(22-8-6-20(2)7-9-22)17-39-32(46)34(36,37)27-18-38-19-48-27/h10-11,16-22,24,29,47H,5-9,12-15H2,1-4H3,(H,40,44)(H,41,43)/t20?,21-,22?,24?,29+/m0/s1. The molecule has 1 aliphatic heterocycles. The summed E-state index contributed by atoms with van der Waals surface area (Å²) in [5, 5.41) is 15.6. The molecule has 0 bridgehead atoms. The minimum absolute atomic E-state index is 0.142. The minimum Gasteiger partial charge on any atom is -0.390 e. The number of nitrogens with one attached hydrogen (secondary N) is 2. The highest BCUT2D eigenvalue weighted by Gasteiger charge is 2.43. The van der Waals surface area contributed by atoms with Crippen molar-refractivity contribution in [1.82, 2.24) is 15.2 Å². The Kier molecular flexibility index (Phi) is 12.2. The Morgan fingerprint density at radius 3 is 2.44 bits per heavy atom. The smallest absolute Gasteiger partial charge is 0.362 e. The third-order valence-electron chi connectivity index (χ3n) is 9.57. The number of aliphatic imine (C=N–C) groups is 1. The number of amides is 4. The van der Waals surface area contributed by atoms with Gasteiger partial charge in [-0.3, -0.25) is 24.2 Å². The summed E-state index contributed by atoms with van der Waals surface area (Å²) in [5.41, 5.74) is 0.537. The molecule has 1 saturated heterocycles. The number of nitrogens with zero attached hydrogens (tertiary/aromatic N) is 3. The average molecular weight is 692 g/mol. The van der Waals surface area contributed by atoms with Crippen molar-refractivity contribution in [3.8, 4) is 0 Å². The molecular weight excluding hydrogens is 647 g/mol. The number of anilines is 1. The quantitative estimate of drug-likeness (QED) is 0.269. The van der Waals surface area contributed by atoms with Gasteiger partial charge in [0.2, 0.25) is 17.7 Å². The number of rotatable bonds is 11. The van der Waals surface area contributed by atoms with Crippen LogP contribution in [0.25, 0.3) is 0 Å². The fraction of sp³-hybridized carbons (Fsp3) is 0.588. The van der Waals surface area contributed by atoms with Crippen LogP contribution in [0, 0.1) is 23.6 Å². The molecule has 1 aliphatic carbocycles. The Labute approximate surface area is 282 Å². The van der Waals surface area contributed by atoms with E-state index in [1.807, 2.05) is 0 Å². The molecule has 4 amide bonds. The molecule has 0 spiro atoms. The average Bonchev–Trinajstić information content (AvgIpc) is 3.61. The van der Waals surface area contributed by atoms with Gasteiger partial charge in [-0.05, 0) is 62.1 Å². The van der Waals surface area contributed by atoms with E-state index in [0.29, 0.717) is 61.6 Å². The van der Waals surface area contributed by atoms with Crippen LogP contribution in [0.15, 0.2) is 34.9 Å². The molecule has 2 heterocycles. The van der Waals surface area contributed by atoms with Gasteiger partial charge in [0.05, 0.1) is 22.7 Å². The molecule has 3 N–H and O–H groups in total. The van der Waals surface area contributed by atoms with Crippen LogP contribution in [-0.2, 0) is 25.1 Å². The van der Waals surface area contributed by atoms with Crippen molar-refractivity contribution in [3.63, 3.8) is 0 Å². The number of halogens is 3. The summed E-state index contributed by atoms with van der Waals surface area (Å²) in [4.78, 5) is 60.0. The van der Waals surface area contributed by atoms with E-state index < -0.39 is 51.9 Å². The maximum Gasteiger partial charge on any atom is 0.362 e.